The van der Waals surface area contributed by atoms with Gasteiger partial charge in [-0.05, 0) is 43.2 Å². The number of amides is 2. The summed E-state index contributed by atoms with van der Waals surface area (Å²) in [5.41, 5.74) is 1.34. The summed E-state index contributed by atoms with van der Waals surface area (Å²) >= 11 is 0. The van der Waals surface area contributed by atoms with Gasteiger partial charge in [-0.2, -0.15) is 4.39 Å². The summed E-state index contributed by atoms with van der Waals surface area (Å²) in [6.07, 6.45) is 3.91. The van der Waals surface area contributed by atoms with Crippen molar-refractivity contribution < 1.29 is 22.7 Å². The van der Waals surface area contributed by atoms with E-state index in [4.69, 9.17) is 4.74 Å². The van der Waals surface area contributed by atoms with Crippen molar-refractivity contribution in [2.24, 2.45) is 0 Å². The quantitative estimate of drug-likeness (QED) is 0.363. The number of halogens is 3. The van der Waals surface area contributed by atoms with Gasteiger partial charge in [0.1, 0.15) is 17.4 Å². The first-order chi connectivity index (χ1) is 16.9. The van der Waals surface area contributed by atoms with E-state index in [0.717, 1.165) is 49.9 Å². The van der Waals surface area contributed by atoms with E-state index < -0.39 is 29.2 Å². The second kappa shape index (κ2) is 9.49. The molecule has 5 rings (SSSR count). The topological polar surface area (TPSA) is 79.4 Å². The Morgan fingerprint density at radius 1 is 0.914 bits per heavy atom. The molecule has 0 spiro atoms. The van der Waals surface area contributed by atoms with Gasteiger partial charge in [-0.15, -0.1) is 0 Å². The van der Waals surface area contributed by atoms with E-state index in [1.807, 2.05) is 0 Å². The predicted molar refractivity (Wildman–Crippen MR) is 126 cm³/mol. The number of hydrogen-bond acceptors (Lipinski definition) is 5. The molecule has 7 nitrogen and oxygen atoms in total. The molecule has 1 saturated heterocycles. The summed E-state index contributed by atoms with van der Waals surface area (Å²) in [5, 5.41) is 4.80. The second-order valence-corrected chi connectivity index (χ2v) is 8.03. The lowest BCUT2D eigenvalue weighted by molar-refractivity contribution is 0.262. The Morgan fingerprint density at radius 3 is 2.51 bits per heavy atom. The van der Waals surface area contributed by atoms with Crippen molar-refractivity contribution in [2.75, 3.05) is 28.6 Å². The highest BCUT2D eigenvalue weighted by atomic mass is 19.2. The number of rotatable bonds is 5. The third kappa shape index (κ3) is 5.11. The molecule has 35 heavy (non-hydrogen) atoms. The summed E-state index contributed by atoms with van der Waals surface area (Å²) < 4.78 is 47.6. The van der Waals surface area contributed by atoms with Crippen molar-refractivity contribution in [3.05, 3.63) is 78.2 Å². The molecule has 0 bridgehead atoms. The van der Waals surface area contributed by atoms with Crippen LogP contribution in [0.25, 0.3) is 11.0 Å². The van der Waals surface area contributed by atoms with Gasteiger partial charge in [-0.3, -0.25) is 4.98 Å². The Balaban J connectivity index is 1.36. The molecule has 1 aliphatic heterocycles. The van der Waals surface area contributed by atoms with Crippen LogP contribution in [-0.4, -0.2) is 29.1 Å². The maximum absolute atomic E-state index is 14.5. The molecule has 178 valence electrons. The Labute approximate surface area is 198 Å². The largest absolute Gasteiger partial charge is 0.454 e. The van der Waals surface area contributed by atoms with Crippen molar-refractivity contribution in [3.8, 4) is 11.5 Å². The molecule has 10 heteroatoms. The van der Waals surface area contributed by atoms with Gasteiger partial charge in [0.15, 0.2) is 11.6 Å². The van der Waals surface area contributed by atoms with Gasteiger partial charge in [-0.25, -0.2) is 18.6 Å². The summed E-state index contributed by atoms with van der Waals surface area (Å²) in [4.78, 5) is 23.4. The Bertz CT molecular complexity index is 1410. The lowest BCUT2D eigenvalue weighted by Crippen LogP contribution is -2.19. The number of benzene rings is 3. The normalized spacial score (nSPS) is 13.2. The van der Waals surface area contributed by atoms with E-state index in [0.29, 0.717) is 11.0 Å². The summed E-state index contributed by atoms with van der Waals surface area (Å²) in [6.45, 7) is 1.82. The van der Waals surface area contributed by atoms with E-state index in [1.165, 1.54) is 18.2 Å². The van der Waals surface area contributed by atoms with Crippen molar-refractivity contribution in [1.29, 1.82) is 0 Å². The molecule has 1 fully saturated rings. The van der Waals surface area contributed by atoms with Crippen LogP contribution in [0.1, 0.15) is 12.8 Å². The van der Waals surface area contributed by atoms with Crippen LogP contribution in [0.15, 0.2) is 60.8 Å². The fourth-order valence-corrected chi connectivity index (χ4v) is 3.84. The zero-order valence-corrected chi connectivity index (χ0v) is 18.4. The SMILES string of the molecule is O=C(Nc1cccc(F)c1)Nc1cc(F)c(F)c(Oc2ccc3ncc(N4CCCC4)nc3c2)c1. The van der Waals surface area contributed by atoms with Crippen LogP contribution in [-0.2, 0) is 0 Å². The Kier molecular flexibility index (Phi) is 6.09. The molecule has 0 radical (unpaired) electrons. The third-order valence-corrected chi connectivity index (χ3v) is 5.49. The molecule has 0 aliphatic carbocycles. The van der Waals surface area contributed by atoms with Gasteiger partial charge < -0.3 is 20.3 Å². The summed E-state index contributed by atoms with van der Waals surface area (Å²) in [6, 6.07) is 11.3. The van der Waals surface area contributed by atoms with E-state index in [2.05, 4.69) is 25.5 Å². The summed E-state index contributed by atoms with van der Waals surface area (Å²) in [5.74, 6) is -2.39. The molecule has 1 aromatic heterocycles. The number of anilines is 3. The van der Waals surface area contributed by atoms with Crippen molar-refractivity contribution in [2.45, 2.75) is 12.8 Å². The highest BCUT2D eigenvalue weighted by molar-refractivity contribution is 5.99. The number of nitrogens with zero attached hydrogens (tertiary/aromatic N) is 3. The monoisotopic (exact) mass is 479 g/mol. The van der Waals surface area contributed by atoms with Crippen LogP contribution in [0.4, 0.5) is 35.2 Å². The van der Waals surface area contributed by atoms with Crippen molar-refractivity contribution in [3.63, 3.8) is 0 Å². The molecule has 4 aromatic rings. The fourth-order valence-electron chi connectivity index (χ4n) is 3.84. The van der Waals surface area contributed by atoms with Crippen LogP contribution in [0.3, 0.4) is 0 Å². The van der Waals surface area contributed by atoms with Gasteiger partial charge in [0, 0.05) is 42.7 Å². The minimum absolute atomic E-state index is 0.0512. The van der Waals surface area contributed by atoms with Gasteiger partial charge in [0.2, 0.25) is 5.82 Å². The number of aromatic nitrogens is 2. The molecule has 0 saturated carbocycles. The summed E-state index contributed by atoms with van der Waals surface area (Å²) in [7, 11) is 0. The van der Waals surface area contributed by atoms with Gasteiger partial charge in [0.05, 0.1) is 17.2 Å². The number of carbonyl (C=O) groups excluding carboxylic acids is 1. The maximum atomic E-state index is 14.5. The number of nitrogens with one attached hydrogen (secondary N) is 2. The first kappa shape index (κ1) is 22.5. The van der Waals surface area contributed by atoms with Crippen LogP contribution in [0, 0.1) is 17.5 Å². The molecule has 3 aromatic carbocycles. The van der Waals surface area contributed by atoms with Gasteiger partial charge in [0.25, 0.3) is 0 Å². The molecular weight excluding hydrogens is 459 g/mol. The predicted octanol–water partition coefficient (Wildman–Crippen LogP) is 6.08. The highest BCUT2D eigenvalue weighted by Gasteiger charge is 2.17. The maximum Gasteiger partial charge on any atom is 0.323 e. The number of fused-ring (bicyclic) bond motifs is 1. The second-order valence-electron chi connectivity index (χ2n) is 8.03. The average molecular weight is 479 g/mol. The molecule has 0 unspecified atom stereocenters. The fraction of sp³-hybridized carbons (Fsp3) is 0.160. The average Bonchev–Trinajstić information content (AvgIpc) is 3.37. The lowest BCUT2D eigenvalue weighted by atomic mass is 10.2. The third-order valence-electron chi connectivity index (χ3n) is 5.49. The van der Waals surface area contributed by atoms with E-state index in [1.54, 1.807) is 24.4 Å². The minimum atomic E-state index is -1.21. The molecule has 1 aliphatic rings. The van der Waals surface area contributed by atoms with Crippen molar-refractivity contribution in [1.82, 2.24) is 9.97 Å². The number of carbonyl (C=O) groups is 1. The van der Waals surface area contributed by atoms with Crippen LogP contribution >= 0.6 is 0 Å². The molecule has 2 N–H and O–H groups in total. The van der Waals surface area contributed by atoms with E-state index in [9.17, 15) is 18.0 Å². The Hall–Kier alpha value is -4.34. The standard InChI is InChI=1S/C25H20F3N5O2/c26-15-4-3-5-16(10-15)30-25(34)31-17-11-19(27)24(28)22(12-17)35-18-6-7-20-21(13-18)32-23(14-29-20)33-8-1-2-9-33/h3-7,10-14H,1-2,8-9H2,(H2,30,31,34). The number of hydrogen-bond donors (Lipinski definition) is 2. The Morgan fingerprint density at radius 2 is 1.71 bits per heavy atom. The zero-order valence-electron chi connectivity index (χ0n) is 18.4. The van der Waals surface area contributed by atoms with Crippen LogP contribution < -0.4 is 20.3 Å². The van der Waals surface area contributed by atoms with E-state index in [-0.39, 0.29) is 17.1 Å². The molecule has 0 atom stereocenters. The van der Waals surface area contributed by atoms with E-state index >= 15 is 0 Å². The van der Waals surface area contributed by atoms with Gasteiger partial charge >= 0.3 is 6.03 Å². The minimum Gasteiger partial charge on any atom is -0.454 e. The van der Waals surface area contributed by atoms with Crippen LogP contribution in [0.2, 0.25) is 0 Å². The number of ether oxygens (including phenoxy) is 1. The van der Waals surface area contributed by atoms with Crippen molar-refractivity contribution >= 4 is 34.3 Å². The first-order valence-electron chi connectivity index (χ1n) is 11.0. The lowest BCUT2D eigenvalue weighted by Gasteiger charge is -2.16. The smallest absolute Gasteiger partial charge is 0.323 e. The first-order valence-corrected chi connectivity index (χ1v) is 11.0. The molecule has 2 amide bonds. The van der Waals surface area contributed by atoms with Crippen LogP contribution in [0.5, 0.6) is 11.5 Å². The number of urea groups is 1. The highest BCUT2D eigenvalue weighted by Crippen LogP contribution is 2.31. The zero-order chi connectivity index (χ0) is 24.4. The molecule has 2 heterocycles. The van der Waals surface area contributed by atoms with Gasteiger partial charge in [-0.1, -0.05) is 6.07 Å². The molecular formula is C25H20F3N5O2.